The second-order valence-corrected chi connectivity index (χ2v) is 11.4. The van der Waals surface area contributed by atoms with Gasteiger partial charge in [0.05, 0.1) is 29.9 Å². The third-order valence-corrected chi connectivity index (χ3v) is 8.46. The Morgan fingerprint density at radius 2 is 1.79 bits per heavy atom. The van der Waals surface area contributed by atoms with Crippen molar-refractivity contribution in [2.75, 3.05) is 18.4 Å². The summed E-state index contributed by atoms with van der Waals surface area (Å²) in [7, 11) is -2.42. The number of methoxy groups -OCH3 is 1. The zero-order valence-electron chi connectivity index (χ0n) is 22.4. The minimum atomic E-state index is -3.96. The summed E-state index contributed by atoms with van der Waals surface area (Å²) in [6.07, 6.45) is 6.62. The van der Waals surface area contributed by atoms with Gasteiger partial charge >= 0.3 is 0 Å². The summed E-state index contributed by atoms with van der Waals surface area (Å²) in [4.78, 5) is 20.9. The van der Waals surface area contributed by atoms with Crippen LogP contribution in [0.5, 0.6) is 11.5 Å². The fourth-order valence-corrected chi connectivity index (χ4v) is 6.22. The lowest BCUT2D eigenvalue weighted by Gasteiger charge is -2.15. The van der Waals surface area contributed by atoms with Crippen molar-refractivity contribution in [3.05, 3.63) is 64.3 Å². The van der Waals surface area contributed by atoms with Crippen molar-refractivity contribution < 1.29 is 17.9 Å². The average molecular weight is 552 g/mol. The number of aromatic nitrogens is 4. The molecule has 0 aliphatic heterocycles. The first-order valence-electron chi connectivity index (χ1n) is 13.2. The van der Waals surface area contributed by atoms with Crippen LogP contribution < -0.4 is 19.8 Å². The first-order valence-corrected chi connectivity index (χ1v) is 14.7. The summed E-state index contributed by atoms with van der Waals surface area (Å²) in [5, 5.41) is 4.79. The molecule has 1 saturated carbocycles. The highest BCUT2D eigenvalue weighted by Crippen LogP contribution is 2.34. The van der Waals surface area contributed by atoms with Crippen LogP contribution in [0, 0.1) is 6.92 Å². The van der Waals surface area contributed by atoms with E-state index in [1.54, 1.807) is 42.0 Å². The van der Waals surface area contributed by atoms with Gasteiger partial charge in [0.15, 0.2) is 11.3 Å². The summed E-state index contributed by atoms with van der Waals surface area (Å²) in [5.41, 5.74) is 1.45. The Labute approximate surface area is 227 Å². The summed E-state index contributed by atoms with van der Waals surface area (Å²) >= 11 is 0. The fraction of sp³-hybridized carbons (Fsp3) is 0.393. The molecule has 2 heterocycles. The lowest BCUT2D eigenvalue weighted by molar-refractivity contribution is 0.341. The van der Waals surface area contributed by atoms with E-state index in [1.165, 1.54) is 25.0 Å². The summed E-state index contributed by atoms with van der Waals surface area (Å²) < 4.78 is 41.8. The number of fused-ring (bicyclic) bond motifs is 1. The number of hydrogen-bond acceptors (Lipinski definition) is 7. The summed E-state index contributed by atoms with van der Waals surface area (Å²) in [5.74, 6) is 2.23. The van der Waals surface area contributed by atoms with Gasteiger partial charge in [0.2, 0.25) is 0 Å². The van der Waals surface area contributed by atoms with Crippen molar-refractivity contribution in [3.63, 3.8) is 0 Å². The molecule has 0 amide bonds. The Morgan fingerprint density at radius 1 is 1.08 bits per heavy atom. The van der Waals surface area contributed by atoms with Gasteiger partial charge in [-0.25, -0.2) is 17.9 Å². The molecule has 1 aliphatic rings. The molecule has 11 heteroatoms. The number of rotatable bonds is 8. The molecule has 2 aromatic carbocycles. The van der Waals surface area contributed by atoms with Crippen molar-refractivity contribution >= 4 is 21.2 Å². The molecule has 206 valence electrons. The number of hydrogen-bond donors (Lipinski definition) is 2. The van der Waals surface area contributed by atoms with Crippen LogP contribution in [0.25, 0.3) is 16.9 Å². The Morgan fingerprint density at radius 3 is 2.46 bits per heavy atom. The third-order valence-electron chi connectivity index (χ3n) is 7.08. The van der Waals surface area contributed by atoms with Crippen LogP contribution in [0.15, 0.2) is 52.2 Å². The largest absolute Gasteiger partial charge is 0.497 e. The molecule has 0 unspecified atom stereocenters. The Kier molecular flexibility index (Phi) is 7.60. The number of nitrogens with one attached hydrogen (secondary N) is 2. The normalized spacial score (nSPS) is 14.7. The Hall–Kier alpha value is -3.86. The molecule has 0 radical (unpaired) electrons. The third kappa shape index (κ3) is 5.49. The maximum atomic E-state index is 13.3. The number of sulfonamides is 1. The molecule has 1 aliphatic carbocycles. The highest BCUT2D eigenvalue weighted by Gasteiger charge is 2.25. The number of ether oxygens (including phenoxy) is 2. The average Bonchev–Trinajstić information content (AvgIpc) is 3.07. The van der Waals surface area contributed by atoms with Crippen LogP contribution in [0.3, 0.4) is 0 Å². The van der Waals surface area contributed by atoms with Crippen molar-refractivity contribution in [2.45, 2.75) is 63.2 Å². The lowest BCUT2D eigenvalue weighted by Crippen LogP contribution is -2.17. The summed E-state index contributed by atoms with van der Waals surface area (Å²) in [6, 6.07) is 11.1. The van der Waals surface area contributed by atoms with Crippen LogP contribution in [-0.2, 0) is 10.0 Å². The van der Waals surface area contributed by atoms with Gasteiger partial charge < -0.3 is 14.5 Å². The second-order valence-electron chi connectivity index (χ2n) is 9.73. The second kappa shape index (κ2) is 11.1. The van der Waals surface area contributed by atoms with Gasteiger partial charge in [0.1, 0.15) is 17.3 Å². The number of anilines is 1. The number of aryl methyl sites for hydroxylation is 1. The number of imidazole rings is 1. The maximum absolute atomic E-state index is 13.3. The van der Waals surface area contributed by atoms with E-state index in [2.05, 4.69) is 9.71 Å². The van der Waals surface area contributed by atoms with Gasteiger partial charge in [-0.2, -0.15) is 0 Å². The van der Waals surface area contributed by atoms with Crippen LogP contribution in [0.2, 0.25) is 0 Å². The van der Waals surface area contributed by atoms with E-state index in [0.29, 0.717) is 40.6 Å². The molecule has 10 nitrogen and oxygen atoms in total. The molecule has 4 aromatic rings. The smallest absolute Gasteiger partial charge is 0.277 e. The van der Waals surface area contributed by atoms with Crippen LogP contribution in [0.1, 0.15) is 62.9 Å². The van der Waals surface area contributed by atoms with Crippen LogP contribution in [-0.4, -0.2) is 41.7 Å². The maximum Gasteiger partial charge on any atom is 0.277 e. The van der Waals surface area contributed by atoms with Gasteiger partial charge in [-0.05, 0) is 69.2 Å². The van der Waals surface area contributed by atoms with Gasteiger partial charge in [-0.15, -0.1) is 5.10 Å². The van der Waals surface area contributed by atoms with E-state index in [-0.39, 0.29) is 22.2 Å². The Bertz CT molecular complexity index is 1640. The van der Waals surface area contributed by atoms with Crippen molar-refractivity contribution in [3.8, 4) is 22.9 Å². The molecule has 2 aromatic heterocycles. The summed E-state index contributed by atoms with van der Waals surface area (Å²) in [6.45, 7) is 4.01. The van der Waals surface area contributed by atoms with Gasteiger partial charge in [-0.3, -0.25) is 9.52 Å². The number of nitrogens with zero attached hydrogens (tertiary/aromatic N) is 3. The standard InChI is InChI=1S/C28H33N5O5S/c1-4-38-24-16-15-22(39(35,36)32-20-11-13-21(37-3)14-12-20)17-23(24)26-30-28(34)25-18(2)29-27(33(25)31-26)19-9-7-5-6-8-10-19/h11-17,19,32H,4-10H2,1-3H3,(H,30,31,34). The molecule has 0 saturated heterocycles. The molecule has 5 rings (SSSR count). The van der Waals surface area contributed by atoms with Crippen molar-refractivity contribution in [1.82, 2.24) is 19.6 Å². The van der Waals surface area contributed by atoms with E-state index >= 15 is 0 Å². The van der Waals surface area contributed by atoms with Gasteiger partial charge in [0, 0.05) is 11.6 Å². The predicted molar refractivity (Wildman–Crippen MR) is 149 cm³/mol. The van der Waals surface area contributed by atoms with Crippen molar-refractivity contribution in [1.29, 1.82) is 0 Å². The van der Waals surface area contributed by atoms with Crippen molar-refractivity contribution in [2.24, 2.45) is 0 Å². The van der Waals surface area contributed by atoms with Gasteiger partial charge in [-0.1, -0.05) is 25.7 Å². The zero-order valence-corrected chi connectivity index (χ0v) is 23.2. The minimum absolute atomic E-state index is 0.00493. The number of benzene rings is 2. The monoisotopic (exact) mass is 551 g/mol. The van der Waals surface area contributed by atoms with E-state index < -0.39 is 10.0 Å². The molecular weight excluding hydrogens is 518 g/mol. The van der Waals surface area contributed by atoms with Crippen LogP contribution >= 0.6 is 0 Å². The van der Waals surface area contributed by atoms with E-state index in [0.717, 1.165) is 31.5 Å². The molecular formula is C28H33N5O5S. The highest BCUT2D eigenvalue weighted by atomic mass is 32.2. The predicted octanol–water partition coefficient (Wildman–Crippen LogP) is 5.04. The first-order chi connectivity index (χ1) is 18.8. The topological polar surface area (TPSA) is 128 Å². The SMILES string of the molecule is CCOc1ccc(S(=O)(=O)Nc2ccc(OC)cc2)cc1-c1nn2c(C3CCCCCC3)nc(C)c2c(=O)[nH]1. The molecule has 1 fully saturated rings. The van der Waals surface area contributed by atoms with E-state index in [9.17, 15) is 13.2 Å². The quantitative estimate of drug-likeness (QED) is 0.294. The fourth-order valence-electron chi connectivity index (χ4n) is 5.13. The Balaban J connectivity index is 1.59. The number of aromatic amines is 1. The lowest BCUT2D eigenvalue weighted by atomic mass is 10.00. The first kappa shape index (κ1) is 26.7. The highest BCUT2D eigenvalue weighted by molar-refractivity contribution is 7.92. The van der Waals surface area contributed by atoms with E-state index in [1.807, 2.05) is 13.8 Å². The van der Waals surface area contributed by atoms with Gasteiger partial charge in [0.25, 0.3) is 15.6 Å². The zero-order chi connectivity index (χ0) is 27.6. The number of H-pyrrole nitrogens is 1. The molecule has 0 bridgehead atoms. The van der Waals surface area contributed by atoms with E-state index in [4.69, 9.17) is 19.6 Å². The molecule has 0 atom stereocenters. The molecule has 2 N–H and O–H groups in total. The minimum Gasteiger partial charge on any atom is -0.497 e. The molecule has 39 heavy (non-hydrogen) atoms. The van der Waals surface area contributed by atoms with Crippen LogP contribution in [0.4, 0.5) is 5.69 Å². The molecule has 0 spiro atoms.